The van der Waals surface area contributed by atoms with Crippen molar-refractivity contribution < 1.29 is 37.0 Å². The van der Waals surface area contributed by atoms with Crippen molar-refractivity contribution in [3.05, 3.63) is 72.8 Å². The van der Waals surface area contributed by atoms with Gasteiger partial charge in [-0.15, -0.1) is 0 Å². The maximum absolute atomic E-state index is 13.2. The van der Waals surface area contributed by atoms with Crippen LogP contribution in [0.1, 0.15) is 194 Å². The zero-order valence-corrected chi connectivity index (χ0v) is 39.0. The van der Waals surface area contributed by atoms with Gasteiger partial charge in [0, 0.05) is 12.8 Å². The van der Waals surface area contributed by atoms with Gasteiger partial charge in [0.05, 0.1) is 9.79 Å². The number of sulfone groups is 1. The Morgan fingerprint density at radius 2 is 0.705 bits per heavy atom. The molecule has 0 N–H and O–H groups in total. The van der Waals surface area contributed by atoms with Crippen molar-refractivity contribution in [3.63, 3.8) is 0 Å². The molecule has 0 saturated heterocycles. The molecule has 2 aromatic rings. The van der Waals surface area contributed by atoms with Gasteiger partial charge in [-0.05, 0) is 99.9 Å². The Morgan fingerprint density at radius 3 is 1.03 bits per heavy atom. The number of hydrogen-bond acceptors (Lipinski definition) is 8. The van der Waals surface area contributed by atoms with Gasteiger partial charge in [-0.1, -0.05) is 154 Å². The van der Waals surface area contributed by atoms with Gasteiger partial charge in [-0.2, -0.15) is 0 Å². The van der Waals surface area contributed by atoms with E-state index in [-0.39, 0.29) is 48.2 Å². The van der Waals surface area contributed by atoms with Crippen LogP contribution in [-0.2, 0) is 28.9 Å². The van der Waals surface area contributed by atoms with Gasteiger partial charge in [-0.3, -0.25) is 9.59 Å². The summed E-state index contributed by atoms with van der Waals surface area (Å²) in [6.45, 7) is 5.12. The van der Waals surface area contributed by atoms with E-state index in [0.29, 0.717) is 24.3 Å². The fraction of sp³-hybridized carbons (Fsp3) is 0.654. The highest BCUT2D eigenvalue weighted by Crippen LogP contribution is 2.25. The number of carbonyl (C=O) groups excluding carboxylic acids is 2. The van der Waals surface area contributed by atoms with Crippen LogP contribution in [0.15, 0.2) is 82.6 Å². The molecule has 0 saturated carbocycles. The second-order valence-electron chi connectivity index (χ2n) is 16.3. The zero-order chi connectivity index (χ0) is 43.9. The molecule has 9 heteroatoms. The molecule has 0 unspecified atom stereocenters. The smallest absolute Gasteiger partial charge is 0.305 e. The quantitative estimate of drug-likeness (QED) is 0.0370. The lowest BCUT2D eigenvalue weighted by atomic mass is 10.1. The molecule has 0 bridgehead atoms. The van der Waals surface area contributed by atoms with Crippen molar-refractivity contribution >= 4 is 21.8 Å². The first-order chi connectivity index (χ1) is 29.9. The summed E-state index contributed by atoms with van der Waals surface area (Å²) in [5.41, 5.74) is 0. The van der Waals surface area contributed by atoms with Crippen LogP contribution in [0.25, 0.3) is 0 Å². The highest BCUT2D eigenvalue weighted by molar-refractivity contribution is 7.91. The summed E-state index contributed by atoms with van der Waals surface area (Å²) in [5.74, 6) is 0.556. The average Bonchev–Trinajstić information content (AvgIpc) is 3.27. The number of rotatable bonds is 40. The van der Waals surface area contributed by atoms with Crippen LogP contribution in [0.4, 0.5) is 0 Å². The summed E-state index contributed by atoms with van der Waals surface area (Å²) < 4.78 is 48.4. The minimum atomic E-state index is -3.75. The first-order valence-electron chi connectivity index (χ1n) is 24.2. The van der Waals surface area contributed by atoms with E-state index in [4.69, 9.17) is 18.9 Å². The molecule has 0 atom stereocenters. The molecular weight excluding hydrogens is 785 g/mol. The van der Waals surface area contributed by atoms with Crippen molar-refractivity contribution in [3.8, 4) is 11.5 Å². The molecule has 0 spiro atoms. The fourth-order valence-electron chi connectivity index (χ4n) is 6.99. The summed E-state index contributed by atoms with van der Waals surface area (Å²) in [6.07, 6.45) is 41.6. The third-order valence-electron chi connectivity index (χ3n) is 10.8. The second kappa shape index (κ2) is 37.0. The molecule has 0 radical (unpaired) electrons. The Balaban J connectivity index is 1.47. The number of benzene rings is 2. The van der Waals surface area contributed by atoms with Gasteiger partial charge >= 0.3 is 11.9 Å². The minimum Gasteiger partial charge on any atom is -0.490 e. The van der Waals surface area contributed by atoms with Crippen molar-refractivity contribution in [2.24, 2.45) is 0 Å². The molecule has 2 aromatic carbocycles. The third-order valence-corrected chi connectivity index (χ3v) is 12.6. The molecule has 0 aliphatic heterocycles. The van der Waals surface area contributed by atoms with Crippen LogP contribution in [0, 0.1) is 0 Å². The molecule has 0 heterocycles. The molecule has 61 heavy (non-hydrogen) atoms. The standard InChI is InChI=1S/C52H82O8S/c1-3-5-7-9-11-13-15-17-19-21-23-25-27-29-31-33-51(53)59-45-43-57-47-35-39-49(40-36-47)61(55,56)50-41-37-48(38-42-50)58-44-46-60-52(54)34-32-30-28-26-24-22-20-18-16-14-12-10-8-6-4-2/h9-12,35-42H,3-8,13-34,43-46H2,1-2H3/b11-9+,12-10+. The average molecular weight is 867 g/mol. The molecule has 344 valence electrons. The van der Waals surface area contributed by atoms with E-state index in [1.54, 1.807) is 24.3 Å². The van der Waals surface area contributed by atoms with Gasteiger partial charge in [0.1, 0.15) is 37.9 Å². The van der Waals surface area contributed by atoms with Gasteiger partial charge in [0.15, 0.2) is 0 Å². The molecule has 0 aliphatic rings. The Hall–Kier alpha value is -3.59. The number of esters is 2. The van der Waals surface area contributed by atoms with E-state index in [1.165, 1.54) is 153 Å². The van der Waals surface area contributed by atoms with Crippen LogP contribution in [0.2, 0.25) is 0 Å². The SMILES string of the molecule is CCCC/C=C/CCCCCCCCCCCC(=O)OCCOc1ccc(S(=O)(=O)c2ccc(OCCOC(=O)CCCCCCCCCCC/C=C/CCCC)cc2)cc1. The number of unbranched alkanes of at least 4 members (excludes halogenated alkanes) is 22. The van der Waals surface area contributed by atoms with Crippen molar-refractivity contribution in [2.75, 3.05) is 26.4 Å². The number of allylic oxidation sites excluding steroid dienone is 4. The normalized spacial score (nSPS) is 11.7. The first-order valence-corrected chi connectivity index (χ1v) is 25.7. The van der Waals surface area contributed by atoms with Crippen LogP contribution >= 0.6 is 0 Å². The molecule has 2 rings (SSSR count). The van der Waals surface area contributed by atoms with E-state index in [2.05, 4.69) is 38.2 Å². The molecule has 0 fully saturated rings. The van der Waals surface area contributed by atoms with E-state index in [1.807, 2.05) is 0 Å². The maximum atomic E-state index is 13.2. The lowest BCUT2D eigenvalue weighted by molar-refractivity contribution is -0.145. The third kappa shape index (κ3) is 28.6. The minimum absolute atomic E-state index is 0.139. The molecule has 0 aromatic heterocycles. The molecule has 0 aliphatic carbocycles. The number of hydrogen-bond donors (Lipinski definition) is 0. The first kappa shape index (κ1) is 53.5. The van der Waals surface area contributed by atoms with E-state index in [9.17, 15) is 18.0 Å². The number of carbonyl (C=O) groups is 2. The summed E-state index contributed by atoms with van der Waals surface area (Å²) >= 11 is 0. The zero-order valence-electron chi connectivity index (χ0n) is 38.2. The monoisotopic (exact) mass is 867 g/mol. The largest absolute Gasteiger partial charge is 0.490 e. The van der Waals surface area contributed by atoms with E-state index >= 15 is 0 Å². The van der Waals surface area contributed by atoms with E-state index in [0.717, 1.165) is 38.5 Å². The predicted molar refractivity (Wildman–Crippen MR) is 250 cm³/mol. The van der Waals surface area contributed by atoms with Crippen LogP contribution in [-0.4, -0.2) is 46.8 Å². The topological polar surface area (TPSA) is 105 Å². The predicted octanol–water partition coefficient (Wildman–Crippen LogP) is 14.4. The molecule has 0 amide bonds. The summed E-state index contributed by atoms with van der Waals surface area (Å²) in [6, 6.07) is 12.4. The lowest BCUT2D eigenvalue weighted by Crippen LogP contribution is -2.12. The van der Waals surface area contributed by atoms with Crippen LogP contribution in [0.5, 0.6) is 11.5 Å². The summed E-state index contributed by atoms with van der Waals surface area (Å²) in [5, 5.41) is 0. The van der Waals surface area contributed by atoms with Gasteiger partial charge < -0.3 is 18.9 Å². The number of ether oxygens (including phenoxy) is 4. The highest BCUT2D eigenvalue weighted by atomic mass is 32.2. The molecular formula is C52H82O8S. The highest BCUT2D eigenvalue weighted by Gasteiger charge is 2.18. The van der Waals surface area contributed by atoms with Crippen LogP contribution in [0.3, 0.4) is 0 Å². The summed E-state index contributed by atoms with van der Waals surface area (Å²) in [4.78, 5) is 24.5. The Bertz CT molecular complexity index is 1420. The van der Waals surface area contributed by atoms with Crippen LogP contribution < -0.4 is 9.47 Å². The Morgan fingerprint density at radius 1 is 0.410 bits per heavy atom. The van der Waals surface area contributed by atoms with Crippen molar-refractivity contribution in [1.82, 2.24) is 0 Å². The fourth-order valence-corrected chi connectivity index (χ4v) is 8.25. The van der Waals surface area contributed by atoms with Crippen molar-refractivity contribution in [1.29, 1.82) is 0 Å². The Labute approximate surface area is 371 Å². The maximum Gasteiger partial charge on any atom is 0.305 e. The van der Waals surface area contributed by atoms with Gasteiger partial charge in [0.25, 0.3) is 0 Å². The van der Waals surface area contributed by atoms with Gasteiger partial charge in [0.2, 0.25) is 9.84 Å². The molecule has 8 nitrogen and oxygen atoms in total. The van der Waals surface area contributed by atoms with E-state index < -0.39 is 9.84 Å². The van der Waals surface area contributed by atoms with Gasteiger partial charge in [-0.25, -0.2) is 8.42 Å². The second-order valence-corrected chi connectivity index (χ2v) is 18.2. The lowest BCUT2D eigenvalue weighted by Gasteiger charge is -2.10. The Kier molecular flexibility index (Phi) is 32.5. The summed E-state index contributed by atoms with van der Waals surface area (Å²) in [7, 11) is -3.75. The van der Waals surface area contributed by atoms with Crippen molar-refractivity contribution in [2.45, 2.75) is 203 Å².